The Bertz CT molecular complexity index is 671. The van der Waals surface area contributed by atoms with Gasteiger partial charge < -0.3 is 14.9 Å². The Hall–Kier alpha value is -0.890. The molecule has 5 fully saturated rings. The third-order valence-electron chi connectivity index (χ3n) is 8.38. The monoisotopic (exact) mass is 438 g/mol. The van der Waals surface area contributed by atoms with Crippen LogP contribution in [0.15, 0.2) is 0 Å². The molecule has 2 amide bonds. The van der Waals surface area contributed by atoms with Crippen molar-refractivity contribution in [2.75, 3.05) is 26.2 Å². The number of halogens is 1. The molecule has 0 radical (unpaired) electrons. The number of hydrazine groups is 1. The Morgan fingerprint density at radius 2 is 1.50 bits per heavy atom. The first-order valence-electron chi connectivity index (χ1n) is 11.9. The molecule has 3 N–H and O–H groups in total. The lowest BCUT2D eigenvalue weighted by molar-refractivity contribution is -0.148. The van der Waals surface area contributed by atoms with Crippen LogP contribution in [0.3, 0.4) is 0 Å². The van der Waals surface area contributed by atoms with Gasteiger partial charge in [-0.1, -0.05) is 6.42 Å². The maximum atomic E-state index is 13.1. The lowest BCUT2D eigenvalue weighted by Gasteiger charge is -2.40. The molecule has 0 aromatic heterocycles. The molecule has 0 spiro atoms. The van der Waals surface area contributed by atoms with Gasteiger partial charge in [-0.2, -0.15) is 0 Å². The molecule has 4 unspecified atom stereocenters. The molecule has 5 aliphatic rings. The van der Waals surface area contributed by atoms with Crippen molar-refractivity contribution < 1.29 is 14.7 Å². The van der Waals surface area contributed by atoms with E-state index in [0.717, 1.165) is 32.1 Å². The second kappa shape index (κ2) is 8.23. The van der Waals surface area contributed by atoms with Crippen molar-refractivity contribution in [3.8, 4) is 0 Å². The summed E-state index contributed by atoms with van der Waals surface area (Å²) in [4.78, 5) is 29.0. The van der Waals surface area contributed by atoms with Gasteiger partial charge in [-0.15, -0.1) is 11.6 Å². The Morgan fingerprint density at radius 1 is 0.867 bits per heavy atom. The molecule has 0 aromatic carbocycles. The normalized spacial score (nSPS) is 40.7. The van der Waals surface area contributed by atoms with Crippen LogP contribution in [-0.2, 0) is 9.59 Å². The van der Waals surface area contributed by atoms with E-state index < -0.39 is 5.60 Å². The number of nitrogens with zero attached hydrogens (tertiary/aromatic N) is 2. The summed E-state index contributed by atoms with van der Waals surface area (Å²) >= 11 is 6.54. The van der Waals surface area contributed by atoms with E-state index in [0.29, 0.717) is 62.9 Å². The number of hydrogen-bond donors (Lipinski definition) is 3. The number of piperazine rings is 1. The average molecular weight is 439 g/mol. The molecule has 0 bridgehead atoms. The van der Waals surface area contributed by atoms with Crippen LogP contribution in [0.4, 0.5) is 0 Å². The molecular weight excluding hydrogens is 404 g/mol. The van der Waals surface area contributed by atoms with Gasteiger partial charge in [0.1, 0.15) is 5.60 Å². The number of aliphatic hydroxyl groups is 1. The SMILES string of the molecule is O=C(C1CCC(C2NNC3C(Cl)CCCC32)CC1)N1CCN(C(=O)C2(O)CC2)CC1. The molecule has 168 valence electrons. The standard InChI is InChI=1S/C22H35ClN4O3/c23-17-3-1-2-16-18(24-25-19(16)17)14-4-6-15(7-5-14)20(28)26-10-12-27(13-11-26)21(29)22(30)8-9-22/h14-19,24-25,30H,1-13H2. The van der Waals surface area contributed by atoms with E-state index in [4.69, 9.17) is 11.6 Å². The number of fused-ring (bicyclic) bond motifs is 1. The third kappa shape index (κ3) is 3.87. The Labute approximate surface area is 183 Å². The third-order valence-corrected chi connectivity index (χ3v) is 8.87. The van der Waals surface area contributed by atoms with Crippen molar-refractivity contribution >= 4 is 23.4 Å². The predicted octanol–water partition coefficient (Wildman–Crippen LogP) is 1.24. The lowest BCUT2D eigenvalue weighted by atomic mass is 9.71. The number of nitrogens with one attached hydrogen (secondary N) is 2. The van der Waals surface area contributed by atoms with E-state index in [1.165, 1.54) is 12.8 Å². The van der Waals surface area contributed by atoms with E-state index in [1.807, 2.05) is 4.90 Å². The molecule has 2 saturated heterocycles. The van der Waals surface area contributed by atoms with E-state index in [2.05, 4.69) is 10.9 Å². The van der Waals surface area contributed by atoms with Crippen molar-refractivity contribution in [1.82, 2.24) is 20.7 Å². The number of amides is 2. The van der Waals surface area contributed by atoms with Crippen molar-refractivity contribution in [2.45, 2.75) is 80.8 Å². The first-order chi connectivity index (χ1) is 14.5. The summed E-state index contributed by atoms with van der Waals surface area (Å²) in [5, 5.41) is 10.3. The number of carbonyl (C=O) groups is 2. The molecule has 7 nitrogen and oxygen atoms in total. The summed E-state index contributed by atoms with van der Waals surface area (Å²) in [6.07, 6.45) is 8.83. The topological polar surface area (TPSA) is 84.9 Å². The van der Waals surface area contributed by atoms with Crippen LogP contribution in [0.1, 0.15) is 57.8 Å². The minimum atomic E-state index is -1.10. The molecule has 5 rings (SSSR count). The summed E-state index contributed by atoms with van der Waals surface area (Å²) in [6, 6.07) is 0.868. The van der Waals surface area contributed by atoms with Gasteiger partial charge in [-0.25, -0.2) is 0 Å². The minimum absolute atomic E-state index is 0.119. The fraction of sp³-hybridized carbons (Fsp3) is 0.909. The molecule has 2 heterocycles. The number of carbonyl (C=O) groups excluding carboxylic acids is 2. The highest BCUT2D eigenvalue weighted by atomic mass is 35.5. The van der Waals surface area contributed by atoms with Crippen LogP contribution in [-0.4, -0.2) is 76.0 Å². The van der Waals surface area contributed by atoms with Crippen LogP contribution in [0.2, 0.25) is 0 Å². The highest BCUT2D eigenvalue weighted by Gasteiger charge is 2.51. The first-order valence-corrected chi connectivity index (χ1v) is 12.4. The quantitative estimate of drug-likeness (QED) is 0.577. The van der Waals surface area contributed by atoms with Gasteiger partial charge >= 0.3 is 0 Å². The number of rotatable bonds is 3. The van der Waals surface area contributed by atoms with Crippen LogP contribution in [0, 0.1) is 17.8 Å². The fourth-order valence-electron chi connectivity index (χ4n) is 6.28. The van der Waals surface area contributed by atoms with Crippen molar-refractivity contribution in [2.24, 2.45) is 17.8 Å². The Balaban J connectivity index is 1.09. The van der Waals surface area contributed by atoms with Crippen LogP contribution >= 0.6 is 11.6 Å². The van der Waals surface area contributed by atoms with Gasteiger partial charge in [0.2, 0.25) is 5.91 Å². The fourth-order valence-corrected chi connectivity index (χ4v) is 6.69. The molecule has 30 heavy (non-hydrogen) atoms. The van der Waals surface area contributed by atoms with Gasteiger partial charge in [0.15, 0.2) is 0 Å². The van der Waals surface area contributed by atoms with Crippen LogP contribution in [0.25, 0.3) is 0 Å². The van der Waals surface area contributed by atoms with Crippen molar-refractivity contribution in [1.29, 1.82) is 0 Å². The van der Waals surface area contributed by atoms with Gasteiger partial charge in [-0.3, -0.25) is 20.4 Å². The second-order valence-electron chi connectivity index (χ2n) is 10.2. The van der Waals surface area contributed by atoms with Gasteiger partial charge in [-0.05, 0) is 63.2 Å². The zero-order valence-electron chi connectivity index (χ0n) is 17.7. The van der Waals surface area contributed by atoms with Crippen LogP contribution in [0.5, 0.6) is 0 Å². The van der Waals surface area contributed by atoms with Crippen LogP contribution < -0.4 is 10.9 Å². The van der Waals surface area contributed by atoms with E-state index in [-0.39, 0.29) is 23.1 Å². The minimum Gasteiger partial charge on any atom is -0.380 e. The lowest BCUT2D eigenvalue weighted by Crippen LogP contribution is -2.54. The number of hydrogen-bond acceptors (Lipinski definition) is 5. The average Bonchev–Trinajstić information content (AvgIpc) is 3.38. The number of alkyl halides is 1. The van der Waals surface area contributed by atoms with Gasteiger partial charge in [0, 0.05) is 44.2 Å². The highest BCUT2D eigenvalue weighted by Crippen LogP contribution is 2.41. The molecule has 2 aliphatic heterocycles. The smallest absolute Gasteiger partial charge is 0.254 e. The largest absolute Gasteiger partial charge is 0.380 e. The van der Waals surface area contributed by atoms with E-state index >= 15 is 0 Å². The Kier molecular flexibility index (Phi) is 5.75. The zero-order valence-corrected chi connectivity index (χ0v) is 18.4. The molecule has 3 aliphatic carbocycles. The molecule has 4 atom stereocenters. The van der Waals surface area contributed by atoms with E-state index in [1.54, 1.807) is 4.90 Å². The van der Waals surface area contributed by atoms with Crippen molar-refractivity contribution in [3.05, 3.63) is 0 Å². The summed E-state index contributed by atoms with van der Waals surface area (Å²) in [7, 11) is 0. The first kappa shape index (κ1) is 21.0. The zero-order chi connectivity index (χ0) is 20.9. The molecule has 0 aromatic rings. The maximum Gasteiger partial charge on any atom is 0.254 e. The van der Waals surface area contributed by atoms with Gasteiger partial charge in [0.05, 0.1) is 5.38 Å². The predicted molar refractivity (Wildman–Crippen MR) is 114 cm³/mol. The summed E-state index contributed by atoms with van der Waals surface area (Å²) in [6.45, 7) is 2.27. The summed E-state index contributed by atoms with van der Waals surface area (Å²) < 4.78 is 0. The summed E-state index contributed by atoms with van der Waals surface area (Å²) in [5.41, 5.74) is 5.91. The summed E-state index contributed by atoms with van der Waals surface area (Å²) in [5.74, 6) is 1.47. The highest BCUT2D eigenvalue weighted by molar-refractivity contribution is 6.21. The van der Waals surface area contributed by atoms with Crippen molar-refractivity contribution in [3.63, 3.8) is 0 Å². The van der Waals surface area contributed by atoms with E-state index in [9.17, 15) is 14.7 Å². The molecule has 3 saturated carbocycles. The molecule has 8 heteroatoms. The van der Waals surface area contributed by atoms with Gasteiger partial charge in [0.25, 0.3) is 5.91 Å². The second-order valence-corrected chi connectivity index (χ2v) is 10.8. The Morgan fingerprint density at radius 3 is 2.17 bits per heavy atom. The maximum absolute atomic E-state index is 13.1. The molecular formula is C22H35ClN4O3.